The number of carbonyl (C=O) groups is 1. The number of likely N-dealkylation sites (tertiary alicyclic amines) is 1. The largest absolute Gasteiger partial charge is 0.376 e. The normalized spacial score (nSPS) is 17.7. The molecule has 0 spiro atoms. The van der Waals surface area contributed by atoms with Crippen molar-refractivity contribution < 1.29 is 17.9 Å². The molecule has 9 heteroatoms. The Bertz CT molecular complexity index is 1400. The van der Waals surface area contributed by atoms with Crippen LogP contribution in [0.3, 0.4) is 0 Å². The summed E-state index contributed by atoms with van der Waals surface area (Å²) in [5, 5.41) is 5.59. The number of nitrogens with zero attached hydrogens (tertiary/aromatic N) is 1. The minimum atomic E-state index is -3.53. The molecule has 3 aromatic rings. The van der Waals surface area contributed by atoms with Crippen LogP contribution in [-0.4, -0.2) is 51.6 Å². The van der Waals surface area contributed by atoms with Crippen molar-refractivity contribution in [2.24, 2.45) is 0 Å². The maximum atomic E-state index is 13.0. The van der Waals surface area contributed by atoms with Crippen molar-refractivity contribution in [3.63, 3.8) is 0 Å². The summed E-state index contributed by atoms with van der Waals surface area (Å²) in [5.41, 5.74) is 4.00. The van der Waals surface area contributed by atoms with Gasteiger partial charge in [0.15, 0.2) is 9.84 Å². The van der Waals surface area contributed by atoms with Crippen LogP contribution < -0.4 is 5.32 Å². The molecule has 5 rings (SSSR count). The molecule has 204 valence electrons. The van der Waals surface area contributed by atoms with Gasteiger partial charge in [-0.2, -0.15) is 0 Å². The zero-order chi connectivity index (χ0) is 27.4. The van der Waals surface area contributed by atoms with Gasteiger partial charge in [0, 0.05) is 47.3 Å². The molecule has 2 aliphatic rings. The van der Waals surface area contributed by atoms with E-state index >= 15 is 0 Å². The number of carbonyl (C=O) groups excluding carboxylic acids is 1. The van der Waals surface area contributed by atoms with Gasteiger partial charge in [-0.15, -0.1) is 0 Å². The molecule has 39 heavy (non-hydrogen) atoms. The van der Waals surface area contributed by atoms with Crippen LogP contribution in [0.5, 0.6) is 0 Å². The van der Waals surface area contributed by atoms with Gasteiger partial charge in [-0.05, 0) is 71.5 Å². The molecule has 1 amide bonds. The van der Waals surface area contributed by atoms with Crippen molar-refractivity contribution in [3.05, 3.63) is 116 Å². The lowest BCUT2D eigenvalue weighted by Crippen LogP contribution is -2.43. The third kappa shape index (κ3) is 7.29. The summed E-state index contributed by atoms with van der Waals surface area (Å²) in [5.74, 6) is -0.394. The summed E-state index contributed by atoms with van der Waals surface area (Å²) in [6.45, 7) is 2.24. The van der Waals surface area contributed by atoms with Crippen LogP contribution in [0.15, 0.2) is 83.8 Å². The van der Waals surface area contributed by atoms with Gasteiger partial charge in [-0.1, -0.05) is 59.6 Å². The van der Waals surface area contributed by atoms with Crippen LogP contribution in [0.2, 0.25) is 10.0 Å². The van der Waals surface area contributed by atoms with E-state index in [-0.39, 0.29) is 23.8 Å². The quantitative estimate of drug-likeness (QED) is 0.343. The maximum Gasteiger partial charge on any atom is 0.251 e. The summed E-state index contributed by atoms with van der Waals surface area (Å²) >= 11 is 12.2. The van der Waals surface area contributed by atoms with Crippen molar-refractivity contribution in [1.29, 1.82) is 0 Å². The van der Waals surface area contributed by atoms with Gasteiger partial charge < -0.3 is 10.1 Å². The molecule has 2 fully saturated rings. The molecule has 0 radical (unpaired) electrons. The second kappa shape index (κ2) is 12.2. The van der Waals surface area contributed by atoms with E-state index in [0.717, 1.165) is 36.1 Å². The predicted molar refractivity (Wildman–Crippen MR) is 155 cm³/mol. The smallest absolute Gasteiger partial charge is 0.251 e. The van der Waals surface area contributed by atoms with Crippen molar-refractivity contribution in [2.75, 3.05) is 26.2 Å². The van der Waals surface area contributed by atoms with Crippen LogP contribution in [0.25, 0.3) is 0 Å². The number of hydrogen-bond donors (Lipinski definition) is 1. The van der Waals surface area contributed by atoms with Crippen LogP contribution in [0.1, 0.15) is 45.9 Å². The third-order valence-electron chi connectivity index (χ3n) is 6.97. The van der Waals surface area contributed by atoms with Gasteiger partial charge in [-0.3, -0.25) is 9.69 Å². The highest BCUT2D eigenvalue weighted by Gasteiger charge is 2.31. The second-order valence-electron chi connectivity index (χ2n) is 10.0. The summed E-state index contributed by atoms with van der Waals surface area (Å²) in [4.78, 5) is 14.8. The van der Waals surface area contributed by atoms with Crippen molar-refractivity contribution in [2.45, 2.75) is 30.7 Å². The minimum absolute atomic E-state index is 0.0464. The fraction of sp³-hybridized carbons (Fsp3) is 0.300. The van der Waals surface area contributed by atoms with Gasteiger partial charge in [0.2, 0.25) is 0 Å². The van der Waals surface area contributed by atoms with E-state index in [0.29, 0.717) is 40.8 Å². The third-order valence-corrected chi connectivity index (χ3v) is 8.90. The Labute approximate surface area is 239 Å². The Morgan fingerprint density at radius 1 is 1.00 bits per heavy atom. The summed E-state index contributed by atoms with van der Waals surface area (Å²) in [7, 11) is -3.53. The van der Waals surface area contributed by atoms with E-state index in [1.807, 2.05) is 48.5 Å². The first kappa shape index (κ1) is 27.9. The second-order valence-corrected chi connectivity index (χ2v) is 12.8. The van der Waals surface area contributed by atoms with E-state index in [1.165, 1.54) is 5.41 Å². The Hall–Kier alpha value is -2.68. The highest BCUT2D eigenvalue weighted by atomic mass is 35.5. The maximum absolute atomic E-state index is 13.0. The molecule has 6 nitrogen and oxygen atoms in total. The Morgan fingerprint density at radius 3 is 2.23 bits per heavy atom. The first-order chi connectivity index (χ1) is 18.8. The average Bonchev–Trinajstić information content (AvgIpc) is 3.41. The number of hydrogen-bond acceptors (Lipinski definition) is 5. The minimum Gasteiger partial charge on any atom is -0.376 e. The van der Waals surface area contributed by atoms with E-state index in [1.54, 1.807) is 24.3 Å². The molecule has 1 atom stereocenters. The van der Waals surface area contributed by atoms with Crippen LogP contribution >= 0.6 is 23.2 Å². The highest BCUT2D eigenvalue weighted by molar-refractivity contribution is 7.93. The topological polar surface area (TPSA) is 75.7 Å². The van der Waals surface area contributed by atoms with E-state index in [2.05, 4.69) is 10.2 Å². The number of nitrogens with one attached hydrogen (secondary N) is 1. The molecule has 0 aromatic heterocycles. The highest BCUT2D eigenvalue weighted by Crippen LogP contribution is 2.35. The van der Waals surface area contributed by atoms with E-state index < -0.39 is 9.84 Å². The SMILES string of the molecule is O=C(NCC1CCCO1)c1cccc(CS(=O)(=O)C=C2CN(C(c3ccc(Cl)cc3)c3ccc(Cl)cc3)C2)c1. The van der Waals surface area contributed by atoms with E-state index in [4.69, 9.17) is 27.9 Å². The summed E-state index contributed by atoms with van der Waals surface area (Å²) < 4.78 is 31.6. The number of rotatable bonds is 9. The summed E-state index contributed by atoms with van der Waals surface area (Å²) in [6, 6.07) is 22.1. The summed E-state index contributed by atoms with van der Waals surface area (Å²) in [6.07, 6.45) is 1.99. The fourth-order valence-electron chi connectivity index (χ4n) is 5.08. The predicted octanol–water partition coefficient (Wildman–Crippen LogP) is 5.81. The number of sulfone groups is 1. The molecule has 3 aromatic carbocycles. The molecule has 2 saturated heterocycles. The van der Waals surface area contributed by atoms with Gasteiger partial charge in [0.25, 0.3) is 5.91 Å². The number of amides is 1. The standard InChI is InChI=1S/C30H30Cl2N2O4S/c31-26-10-6-23(7-11-26)29(24-8-12-27(32)13-9-24)34-17-22(18-34)20-39(36,37)19-21-3-1-4-25(15-21)30(35)33-16-28-5-2-14-38-28/h1,3-4,6-13,15,20,28-29H,2,5,14,16-19H2,(H,33,35). The van der Waals surface area contributed by atoms with E-state index in [9.17, 15) is 13.2 Å². The van der Waals surface area contributed by atoms with Crippen LogP contribution in [0.4, 0.5) is 0 Å². The lowest BCUT2D eigenvalue weighted by Gasteiger charge is -2.41. The number of halogens is 2. The van der Waals surface area contributed by atoms with Crippen LogP contribution in [0, 0.1) is 0 Å². The van der Waals surface area contributed by atoms with Crippen molar-refractivity contribution >= 4 is 38.9 Å². The molecular weight excluding hydrogens is 555 g/mol. The first-order valence-corrected chi connectivity index (χ1v) is 15.4. The number of ether oxygens (including phenoxy) is 1. The molecule has 0 saturated carbocycles. The average molecular weight is 586 g/mol. The zero-order valence-electron chi connectivity index (χ0n) is 21.4. The van der Waals surface area contributed by atoms with Crippen LogP contribution in [-0.2, 0) is 20.3 Å². The first-order valence-electron chi connectivity index (χ1n) is 12.9. The monoisotopic (exact) mass is 584 g/mol. The zero-order valence-corrected chi connectivity index (χ0v) is 23.7. The molecule has 2 heterocycles. The van der Waals surface area contributed by atoms with Gasteiger partial charge in [-0.25, -0.2) is 8.42 Å². The molecule has 2 aliphatic heterocycles. The number of benzene rings is 3. The lowest BCUT2D eigenvalue weighted by atomic mass is 9.93. The van der Waals surface area contributed by atoms with Gasteiger partial charge in [0.05, 0.1) is 17.9 Å². The van der Waals surface area contributed by atoms with Gasteiger partial charge in [0.1, 0.15) is 0 Å². The molecule has 1 N–H and O–H groups in total. The lowest BCUT2D eigenvalue weighted by molar-refractivity contribution is 0.0857. The molecule has 0 aliphatic carbocycles. The Morgan fingerprint density at radius 2 is 1.64 bits per heavy atom. The Balaban J connectivity index is 1.24. The molecular formula is C30H30Cl2N2O4S. The fourth-order valence-corrected chi connectivity index (χ4v) is 6.72. The molecule has 1 unspecified atom stereocenters. The van der Waals surface area contributed by atoms with Crippen molar-refractivity contribution in [3.8, 4) is 0 Å². The Kier molecular flexibility index (Phi) is 8.74. The van der Waals surface area contributed by atoms with Crippen molar-refractivity contribution in [1.82, 2.24) is 10.2 Å². The molecule has 0 bridgehead atoms. The van der Waals surface area contributed by atoms with Gasteiger partial charge >= 0.3 is 0 Å².